The minimum absolute atomic E-state index is 0.327. The van der Waals surface area contributed by atoms with Crippen LogP contribution in [-0.2, 0) is 17.4 Å². The van der Waals surface area contributed by atoms with Crippen molar-refractivity contribution >= 4 is 5.97 Å². The van der Waals surface area contributed by atoms with Crippen LogP contribution >= 0.6 is 0 Å². The number of carboxylic acids is 1. The summed E-state index contributed by atoms with van der Waals surface area (Å²) in [6, 6.07) is 0. The first-order valence-electron chi connectivity index (χ1n) is 4.70. The standard InChI is InChI=1S/C10H8F5NO2/c1-4-3-16-5(2-6(17)18)8(10(13,14)15)7(4)9(11)12/h3,9H,2H2,1H3,(H,17,18). The average Bonchev–Trinajstić information content (AvgIpc) is 2.17. The van der Waals surface area contributed by atoms with E-state index in [1.807, 2.05) is 0 Å². The summed E-state index contributed by atoms with van der Waals surface area (Å²) in [5.74, 6) is -1.57. The van der Waals surface area contributed by atoms with Crippen molar-refractivity contribution in [2.75, 3.05) is 0 Å². The number of pyridine rings is 1. The number of aromatic nitrogens is 1. The first-order chi connectivity index (χ1) is 8.14. The quantitative estimate of drug-likeness (QED) is 0.858. The number of alkyl halides is 5. The van der Waals surface area contributed by atoms with Crippen molar-refractivity contribution in [1.29, 1.82) is 0 Å². The summed E-state index contributed by atoms with van der Waals surface area (Å²) < 4.78 is 63.5. The molecule has 8 heteroatoms. The Bertz CT molecular complexity index is 470. The van der Waals surface area contributed by atoms with Gasteiger partial charge in [-0.2, -0.15) is 13.2 Å². The van der Waals surface area contributed by atoms with E-state index in [0.717, 1.165) is 13.1 Å². The Morgan fingerprint density at radius 2 is 2.00 bits per heavy atom. The Kier molecular flexibility index (Phi) is 3.88. The maximum atomic E-state index is 12.7. The van der Waals surface area contributed by atoms with Gasteiger partial charge >= 0.3 is 12.1 Å². The zero-order valence-electron chi connectivity index (χ0n) is 9.05. The van der Waals surface area contributed by atoms with Crippen LogP contribution < -0.4 is 0 Å². The van der Waals surface area contributed by atoms with Gasteiger partial charge in [-0.05, 0) is 12.5 Å². The van der Waals surface area contributed by atoms with Crippen LogP contribution in [0.2, 0.25) is 0 Å². The lowest BCUT2D eigenvalue weighted by Gasteiger charge is -2.17. The van der Waals surface area contributed by atoms with Crippen LogP contribution in [0.25, 0.3) is 0 Å². The number of aryl methyl sites for hydroxylation is 1. The van der Waals surface area contributed by atoms with E-state index in [0.29, 0.717) is 0 Å². The molecule has 100 valence electrons. The molecule has 18 heavy (non-hydrogen) atoms. The Morgan fingerprint density at radius 3 is 2.39 bits per heavy atom. The van der Waals surface area contributed by atoms with E-state index in [2.05, 4.69) is 4.98 Å². The summed E-state index contributed by atoms with van der Waals surface area (Å²) in [5.41, 5.74) is -4.10. The number of hydrogen-bond acceptors (Lipinski definition) is 2. The van der Waals surface area contributed by atoms with Gasteiger partial charge in [0.2, 0.25) is 0 Å². The molecule has 0 bridgehead atoms. The second kappa shape index (κ2) is 4.87. The number of carboxylic acid groups (broad SMARTS) is 1. The molecule has 1 N–H and O–H groups in total. The molecule has 0 saturated heterocycles. The van der Waals surface area contributed by atoms with Gasteiger partial charge < -0.3 is 5.11 Å². The van der Waals surface area contributed by atoms with Gasteiger partial charge in [-0.3, -0.25) is 9.78 Å². The molecular formula is C10H8F5NO2. The molecule has 1 aromatic rings. The molecule has 0 aliphatic heterocycles. The van der Waals surface area contributed by atoms with Gasteiger partial charge in [0.15, 0.2) is 0 Å². The van der Waals surface area contributed by atoms with Gasteiger partial charge in [-0.1, -0.05) is 0 Å². The number of halogens is 5. The lowest BCUT2D eigenvalue weighted by atomic mass is 10.00. The molecule has 0 amide bonds. The van der Waals surface area contributed by atoms with E-state index in [9.17, 15) is 26.7 Å². The molecule has 0 radical (unpaired) electrons. The summed E-state index contributed by atoms with van der Waals surface area (Å²) in [6.45, 7) is 1.06. The molecule has 0 aliphatic carbocycles. The number of carbonyl (C=O) groups is 1. The van der Waals surface area contributed by atoms with Crippen LogP contribution in [0.15, 0.2) is 6.20 Å². The van der Waals surface area contributed by atoms with E-state index in [4.69, 9.17) is 5.11 Å². The fraction of sp³-hybridized carbons (Fsp3) is 0.400. The number of aliphatic carboxylic acids is 1. The predicted molar refractivity (Wildman–Crippen MR) is 50.3 cm³/mol. The summed E-state index contributed by atoms with van der Waals surface area (Å²) in [7, 11) is 0. The molecule has 1 aromatic heterocycles. The molecule has 1 heterocycles. The summed E-state index contributed by atoms with van der Waals surface area (Å²) >= 11 is 0. The van der Waals surface area contributed by atoms with Crippen LogP contribution in [0.3, 0.4) is 0 Å². The van der Waals surface area contributed by atoms with Crippen molar-refractivity contribution < 1.29 is 31.9 Å². The lowest BCUT2D eigenvalue weighted by molar-refractivity contribution is -0.141. The highest BCUT2D eigenvalue weighted by atomic mass is 19.4. The minimum Gasteiger partial charge on any atom is -0.481 e. The molecule has 0 fully saturated rings. The summed E-state index contributed by atoms with van der Waals surface area (Å²) in [4.78, 5) is 13.7. The van der Waals surface area contributed by atoms with Crippen molar-refractivity contribution in [2.45, 2.75) is 25.9 Å². The third-order valence-electron chi connectivity index (χ3n) is 2.22. The van der Waals surface area contributed by atoms with Gasteiger partial charge in [-0.15, -0.1) is 0 Å². The van der Waals surface area contributed by atoms with E-state index < -0.39 is 41.8 Å². The SMILES string of the molecule is Cc1cnc(CC(=O)O)c(C(F)(F)F)c1C(F)F. The maximum Gasteiger partial charge on any atom is 0.418 e. The van der Waals surface area contributed by atoms with Crippen molar-refractivity contribution in [3.05, 3.63) is 28.6 Å². The highest BCUT2D eigenvalue weighted by molar-refractivity contribution is 5.70. The molecule has 0 atom stereocenters. The van der Waals surface area contributed by atoms with E-state index in [1.165, 1.54) is 0 Å². The lowest BCUT2D eigenvalue weighted by Crippen LogP contribution is -2.18. The number of nitrogens with zero attached hydrogens (tertiary/aromatic N) is 1. The van der Waals surface area contributed by atoms with Crippen LogP contribution in [0.1, 0.15) is 28.8 Å². The predicted octanol–water partition coefficient (Wildman–Crippen LogP) is 2.97. The minimum atomic E-state index is -5.07. The van der Waals surface area contributed by atoms with E-state index in [1.54, 1.807) is 0 Å². The van der Waals surface area contributed by atoms with Crippen molar-refractivity contribution in [3.8, 4) is 0 Å². The van der Waals surface area contributed by atoms with E-state index >= 15 is 0 Å². The Morgan fingerprint density at radius 1 is 1.44 bits per heavy atom. The first kappa shape index (κ1) is 14.3. The topological polar surface area (TPSA) is 50.2 Å². The Labute approximate surface area is 98.3 Å². The van der Waals surface area contributed by atoms with Gasteiger partial charge in [0, 0.05) is 11.8 Å². The molecule has 1 rings (SSSR count). The van der Waals surface area contributed by atoms with Gasteiger partial charge in [-0.25, -0.2) is 8.78 Å². The Balaban J connectivity index is 3.54. The zero-order valence-corrected chi connectivity index (χ0v) is 9.05. The van der Waals surface area contributed by atoms with Gasteiger partial charge in [0.25, 0.3) is 6.43 Å². The second-order valence-electron chi connectivity index (χ2n) is 3.55. The molecule has 0 unspecified atom stereocenters. The smallest absolute Gasteiger partial charge is 0.418 e. The normalized spacial score (nSPS) is 11.9. The van der Waals surface area contributed by atoms with Crippen LogP contribution in [0.5, 0.6) is 0 Å². The average molecular weight is 269 g/mol. The van der Waals surface area contributed by atoms with Crippen LogP contribution in [-0.4, -0.2) is 16.1 Å². The maximum absolute atomic E-state index is 12.7. The molecular weight excluding hydrogens is 261 g/mol. The van der Waals surface area contributed by atoms with Crippen LogP contribution in [0.4, 0.5) is 22.0 Å². The van der Waals surface area contributed by atoms with Crippen LogP contribution in [0, 0.1) is 6.92 Å². The fourth-order valence-electron chi connectivity index (χ4n) is 1.54. The first-order valence-corrected chi connectivity index (χ1v) is 4.70. The molecule has 0 aliphatic rings. The Hall–Kier alpha value is -1.73. The number of hydrogen-bond donors (Lipinski definition) is 1. The third-order valence-corrected chi connectivity index (χ3v) is 2.22. The molecule has 0 saturated carbocycles. The van der Waals surface area contributed by atoms with Gasteiger partial charge in [0.05, 0.1) is 17.7 Å². The van der Waals surface area contributed by atoms with Crippen molar-refractivity contribution in [3.63, 3.8) is 0 Å². The highest BCUT2D eigenvalue weighted by Gasteiger charge is 2.40. The molecule has 0 spiro atoms. The monoisotopic (exact) mass is 269 g/mol. The molecule has 0 aromatic carbocycles. The number of rotatable bonds is 3. The summed E-state index contributed by atoms with van der Waals surface area (Å²) in [5, 5.41) is 8.46. The van der Waals surface area contributed by atoms with Crippen molar-refractivity contribution in [2.24, 2.45) is 0 Å². The largest absolute Gasteiger partial charge is 0.481 e. The second-order valence-corrected chi connectivity index (χ2v) is 3.55. The zero-order chi connectivity index (χ0) is 14.1. The van der Waals surface area contributed by atoms with Gasteiger partial charge in [0.1, 0.15) is 0 Å². The fourth-order valence-corrected chi connectivity index (χ4v) is 1.54. The third kappa shape index (κ3) is 2.93. The molecule has 3 nitrogen and oxygen atoms in total. The highest BCUT2D eigenvalue weighted by Crippen LogP contribution is 2.39. The van der Waals surface area contributed by atoms with Crippen molar-refractivity contribution in [1.82, 2.24) is 4.98 Å². The summed E-state index contributed by atoms with van der Waals surface area (Å²) in [6.07, 6.45) is -8.67. The van der Waals surface area contributed by atoms with E-state index in [-0.39, 0.29) is 5.56 Å².